The van der Waals surface area contributed by atoms with Crippen molar-refractivity contribution >= 4 is 52.5 Å². The van der Waals surface area contributed by atoms with Gasteiger partial charge < -0.3 is 15.4 Å². The van der Waals surface area contributed by atoms with E-state index in [2.05, 4.69) is 28.9 Å². The predicted octanol–water partition coefficient (Wildman–Crippen LogP) is 9.00. The number of benzene rings is 4. The van der Waals surface area contributed by atoms with E-state index in [4.69, 9.17) is 4.74 Å². The van der Waals surface area contributed by atoms with Crippen molar-refractivity contribution in [1.29, 1.82) is 0 Å². The molecule has 8 heteroatoms. The number of urea groups is 1. The highest BCUT2D eigenvalue weighted by Gasteiger charge is 2.36. The molecule has 0 radical (unpaired) electrons. The molecule has 6 rings (SSSR count). The fourth-order valence-electron chi connectivity index (χ4n) is 5.00. The van der Waals surface area contributed by atoms with Crippen molar-refractivity contribution in [2.24, 2.45) is 0 Å². The Labute approximate surface area is 260 Å². The van der Waals surface area contributed by atoms with Gasteiger partial charge in [0.15, 0.2) is 0 Å². The number of fused-ring (bicyclic) bond motifs is 2. The van der Waals surface area contributed by atoms with Crippen molar-refractivity contribution < 1.29 is 14.3 Å². The number of nitrogens with zero attached hydrogens (tertiary/aromatic N) is 1. The Morgan fingerprint density at radius 1 is 0.837 bits per heavy atom. The van der Waals surface area contributed by atoms with Crippen molar-refractivity contribution in [3.05, 3.63) is 127 Å². The second-order valence-electron chi connectivity index (χ2n) is 10.1. The SMILES string of the molecule is CCC(Sc1cccc(NC(=O)N2c3ccccc3SC3C=CC=CC32)c1)C(=O)Nc1ccc(Oc2ccccc2)cc1. The van der Waals surface area contributed by atoms with Crippen molar-refractivity contribution in [3.8, 4) is 11.5 Å². The Morgan fingerprint density at radius 2 is 1.58 bits per heavy atom. The number of ether oxygens (including phenoxy) is 1. The van der Waals surface area contributed by atoms with Gasteiger partial charge >= 0.3 is 6.03 Å². The average Bonchev–Trinajstić information content (AvgIpc) is 3.04. The van der Waals surface area contributed by atoms with Crippen LogP contribution < -0.4 is 20.3 Å². The van der Waals surface area contributed by atoms with Crippen LogP contribution >= 0.6 is 23.5 Å². The monoisotopic (exact) mass is 605 g/mol. The summed E-state index contributed by atoms with van der Waals surface area (Å²) < 4.78 is 5.85. The van der Waals surface area contributed by atoms with Crippen molar-refractivity contribution in [2.45, 2.75) is 39.7 Å². The zero-order valence-electron chi connectivity index (χ0n) is 23.6. The minimum Gasteiger partial charge on any atom is -0.457 e. The third-order valence-corrected chi connectivity index (χ3v) is 9.75. The molecule has 0 bridgehead atoms. The lowest BCUT2D eigenvalue weighted by Crippen LogP contribution is -2.49. The van der Waals surface area contributed by atoms with Crippen LogP contribution in [0.3, 0.4) is 0 Å². The van der Waals surface area contributed by atoms with E-state index in [0.717, 1.165) is 21.2 Å². The first-order valence-electron chi connectivity index (χ1n) is 14.2. The molecule has 1 heterocycles. The van der Waals surface area contributed by atoms with Crippen LogP contribution in [0.1, 0.15) is 13.3 Å². The van der Waals surface area contributed by atoms with Crippen LogP contribution in [-0.2, 0) is 4.79 Å². The fourth-order valence-corrected chi connectivity index (χ4v) is 7.27. The van der Waals surface area contributed by atoms with Crippen LogP contribution in [0.2, 0.25) is 0 Å². The van der Waals surface area contributed by atoms with Crippen LogP contribution in [0, 0.1) is 0 Å². The number of allylic oxidation sites excluding steroid dienone is 2. The van der Waals surface area contributed by atoms with Gasteiger partial charge in [0.2, 0.25) is 5.91 Å². The topological polar surface area (TPSA) is 70.7 Å². The zero-order chi connectivity index (χ0) is 29.6. The van der Waals surface area contributed by atoms with Crippen molar-refractivity contribution in [3.63, 3.8) is 0 Å². The number of amides is 3. The first kappa shape index (κ1) is 28.7. The molecule has 0 spiro atoms. The lowest BCUT2D eigenvalue weighted by molar-refractivity contribution is -0.115. The summed E-state index contributed by atoms with van der Waals surface area (Å²) in [6.07, 6.45) is 8.90. The highest BCUT2D eigenvalue weighted by molar-refractivity contribution is 8.00. The molecule has 2 N–H and O–H groups in total. The number of thioether (sulfide) groups is 2. The highest BCUT2D eigenvalue weighted by atomic mass is 32.2. The maximum absolute atomic E-state index is 13.7. The smallest absolute Gasteiger partial charge is 0.326 e. The van der Waals surface area contributed by atoms with Gasteiger partial charge in [0.25, 0.3) is 0 Å². The van der Waals surface area contributed by atoms with E-state index in [1.807, 2.05) is 121 Å². The molecule has 2 aliphatic rings. The molecule has 1 aliphatic carbocycles. The van der Waals surface area contributed by atoms with Crippen LogP contribution in [0.5, 0.6) is 11.5 Å². The maximum Gasteiger partial charge on any atom is 0.326 e. The summed E-state index contributed by atoms with van der Waals surface area (Å²) in [5, 5.41) is 5.98. The number of carbonyl (C=O) groups excluding carboxylic acids is 2. The minimum absolute atomic E-state index is 0.0745. The van der Waals surface area contributed by atoms with E-state index in [1.165, 1.54) is 11.8 Å². The largest absolute Gasteiger partial charge is 0.457 e. The molecule has 0 saturated heterocycles. The molecular formula is C35H31N3O3S2. The van der Waals surface area contributed by atoms with Gasteiger partial charge in [-0.1, -0.05) is 67.6 Å². The Balaban J connectivity index is 1.10. The summed E-state index contributed by atoms with van der Waals surface area (Å²) >= 11 is 3.26. The van der Waals surface area contributed by atoms with Crippen molar-refractivity contribution in [1.82, 2.24) is 0 Å². The number of anilines is 3. The van der Waals surface area contributed by atoms with Crippen molar-refractivity contribution in [2.75, 3.05) is 15.5 Å². The van der Waals surface area contributed by atoms with Crippen LogP contribution in [0.25, 0.3) is 0 Å². The standard InChI is InChI=1S/C35H31N3O3S2/c1-2-31(34(39)36-24-19-21-27(22-20-24)41-26-12-4-3-5-13-26)42-28-14-10-11-25(23-28)37-35(40)38-29-15-6-8-17-32(29)43-33-18-9-7-16-30(33)38/h3-23,29,31-32H,2H2,1H3,(H,36,39)(H,37,40). The maximum atomic E-state index is 13.7. The molecule has 0 fully saturated rings. The molecule has 3 amide bonds. The molecule has 0 aromatic heterocycles. The summed E-state index contributed by atoms with van der Waals surface area (Å²) in [7, 11) is 0. The lowest BCUT2D eigenvalue weighted by Gasteiger charge is -2.40. The minimum atomic E-state index is -0.308. The quantitative estimate of drug-likeness (QED) is 0.196. The second-order valence-corrected chi connectivity index (χ2v) is 12.6. The Morgan fingerprint density at radius 3 is 2.40 bits per heavy atom. The van der Waals surface area contributed by atoms with Gasteiger partial charge in [-0.15, -0.1) is 23.5 Å². The lowest BCUT2D eigenvalue weighted by atomic mass is 10.1. The third kappa shape index (κ3) is 6.82. The molecule has 4 aromatic carbocycles. The Hall–Kier alpha value is -4.40. The molecule has 0 saturated carbocycles. The summed E-state index contributed by atoms with van der Waals surface area (Å²) in [6, 6.07) is 32.3. The van der Waals surface area contributed by atoms with E-state index < -0.39 is 0 Å². The van der Waals surface area contributed by atoms with Gasteiger partial charge in [-0.05, 0) is 73.2 Å². The molecule has 216 valence electrons. The zero-order valence-corrected chi connectivity index (χ0v) is 25.2. The second kappa shape index (κ2) is 13.3. The average molecular weight is 606 g/mol. The first-order valence-corrected chi connectivity index (χ1v) is 15.9. The summed E-state index contributed by atoms with van der Waals surface area (Å²) in [6.45, 7) is 1.99. The van der Waals surface area contributed by atoms with Gasteiger partial charge in [-0.25, -0.2) is 4.79 Å². The van der Waals surface area contributed by atoms with Gasteiger partial charge in [0, 0.05) is 21.2 Å². The number of hydrogen-bond acceptors (Lipinski definition) is 5. The Bertz CT molecular complexity index is 1660. The molecule has 43 heavy (non-hydrogen) atoms. The molecule has 1 aliphatic heterocycles. The first-order chi connectivity index (χ1) is 21.1. The normalized spacial score (nSPS) is 17.4. The summed E-state index contributed by atoms with van der Waals surface area (Å²) in [5.74, 6) is 1.37. The number of nitrogens with one attached hydrogen (secondary N) is 2. The van der Waals surface area contributed by atoms with E-state index in [0.29, 0.717) is 23.5 Å². The van der Waals surface area contributed by atoms with E-state index in [-0.39, 0.29) is 28.5 Å². The van der Waals surface area contributed by atoms with Gasteiger partial charge in [0.1, 0.15) is 11.5 Å². The molecule has 3 unspecified atom stereocenters. The van der Waals surface area contributed by atoms with Crippen LogP contribution in [0.4, 0.5) is 21.9 Å². The summed E-state index contributed by atoms with van der Waals surface area (Å²) in [4.78, 5) is 30.7. The number of hydrogen-bond donors (Lipinski definition) is 2. The van der Waals surface area contributed by atoms with Gasteiger partial charge in [0.05, 0.1) is 22.2 Å². The molecule has 4 aromatic rings. The fraction of sp³-hybridized carbons (Fsp3) is 0.143. The van der Waals surface area contributed by atoms with E-state index in [1.54, 1.807) is 11.8 Å². The summed E-state index contributed by atoms with van der Waals surface area (Å²) in [5.41, 5.74) is 2.29. The molecular weight excluding hydrogens is 575 g/mol. The molecule has 6 nitrogen and oxygen atoms in total. The number of carbonyl (C=O) groups is 2. The third-order valence-electron chi connectivity index (χ3n) is 7.09. The highest BCUT2D eigenvalue weighted by Crippen LogP contribution is 2.43. The molecule has 3 atom stereocenters. The van der Waals surface area contributed by atoms with Crippen LogP contribution in [-0.4, -0.2) is 28.5 Å². The number of para-hydroxylation sites is 2. The van der Waals surface area contributed by atoms with Gasteiger partial charge in [-0.2, -0.15) is 0 Å². The number of rotatable bonds is 8. The Kier molecular flexibility index (Phi) is 8.86. The van der Waals surface area contributed by atoms with Crippen LogP contribution in [0.15, 0.2) is 137 Å². The van der Waals surface area contributed by atoms with Gasteiger partial charge in [-0.3, -0.25) is 9.69 Å². The predicted molar refractivity (Wildman–Crippen MR) is 178 cm³/mol. The van der Waals surface area contributed by atoms with E-state index >= 15 is 0 Å². The van der Waals surface area contributed by atoms with E-state index in [9.17, 15) is 9.59 Å².